The van der Waals surface area contributed by atoms with E-state index in [1.807, 2.05) is 12.1 Å². The molecule has 2 aliphatic carbocycles. The third kappa shape index (κ3) is 16.5. The van der Waals surface area contributed by atoms with Crippen molar-refractivity contribution in [3.05, 3.63) is 465 Å². The van der Waals surface area contributed by atoms with Crippen molar-refractivity contribution in [2.45, 2.75) is 38.5 Å². The van der Waals surface area contributed by atoms with Gasteiger partial charge in [-0.1, -0.05) is 343 Å². The quantitative estimate of drug-likeness (QED) is 0.0955. The number of rotatable bonds is 16. The predicted octanol–water partition coefficient (Wildman–Crippen LogP) is 30.2. The van der Waals surface area contributed by atoms with Crippen LogP contribution in [0.3, 0.4) is 0 Å². The highest BCUT2D eigenvalue weighted by molar-refractivity contribution is 5.93. The molecule has 5 nitrogen and oxygen atoms in total. The molecule has 2 aliphatic rings. The zero-order valence-electron chi connectivity index (χ0n) is 67.9. The maximum Gasteiger partial charge on any atom is 0.0491 e. The van der Waals surface area contributed by atoms with Crippen LogP contribution in [0.1, 0.15) is 49.9 Å². The predicted molar refractivity (Wildman–Crippen MR) is 501 cm³/mol. The summed E-state index contributed by atoms with van der Waals surface area (Å²) in [5.74, 6) is 0. The standard InChI is InChI=1S/C31H26N2.2C28H25N.C25H21N/c1-32(27-11-5-2-6-12-27)28-21-17-25(18-22-28)26-19-23-31(24-20-26)33(29-13-7-3-8-14-29)30-15-9-4-10-16-30;1-28(2)24-13-8-7-12-23(24)27-25(28)14-9-15-26(27)29(3)22-18-16-21(17-19-22)20-10-5-4-6-11-20;1-28(2)26-12-8-7-11-24(26)25-19-23(17-18-27(25)28)29(3)22-15-13-21(14-16-22)20-9-5-4-6-10-20;1-26(23-15-9-4-10-16-23)25-18-17-22(20-11-5-2-6-12-20)19-24(25)21-13-7-3-8-14-21/h2-24H,1H3;2*4-19H,1-3H3;2-19H,1H3. The molecule has 0 aliphatic heterocycles. The van der Waals surface area contributed by atoms with Crippen molar-refractivity contribution < 1.29 is 0 Å². The zero-order valence-corrected chi connectivity index (χ0v) is 67.9. The van der Waals surface area contributed by atoms with Crippen molar-refractivity contribution in [1.82, 2.24) is 0 Å². The summed E-state index contributed by atoms with van der Waals surface area (Å²) in [6.45, 7) is 9.30. The molecule has 0 N–H and O–H groups in total. The fraction of sp³-hybridized carbons (Fsp3) is 0.0893. The van der Waals surface area contributed by atoms with Crippen molar-refractivity contribution in [3.8, 4) is 77.9 Å². The number of para-hydroxylation sites is 4. The van der Waals surface area contributed by atoms with E-state index in [4.69, 9.17) is 0 Å². The molecule has 0 unspecified atom stereocenters. The summed E-state index contributed by atoms with van der Waals surface area (Å²) in [7, 11) is 8.53. The maximum atomic E-state index is 2.34. The summed E-state index contributed by atoms with van der Waals surface area (Å²) in [6.07, 6.45) is 0. The van der Waals surface area contributed by atoms with Crippen molar-refractivity contribution >= 4 is 62.6 Å². The molecule has 0 fully saturated rings. The lowest BCUT2D eigenvalue weighted by molar-refractivity contribution is 0.660. The summed E-state index contributed by atoms with van der Waals surface area (Å²) in [5.41, 5.74) is 36.5. The average molecular weight is 1510 g/mol. The van der Waals surface area contributed by atoms with Crippen LogP contribution in [0.25, 0.3) is 77.9 Å². The first kappa shape index (κ1) is 76.7. The fourth-order valence-electron chi connectivity index (χ4n) is 16.6. The molecule has 0 saturated heterocycles. The van der Waals surface area contributed by atoms with Crippen molar-refractivity contribution in [1.29, 1.82) is 0 Å². The molecule has 19 rings (SSSR count). The summed E-state index contributed by atoms with van der Waals surface area (Å²) in [5, 5.41) is 0. The second-order valence-corrected chi connectivity index (χ2v) is 31.1. The van der Waals surface area contributed by atoms with Crippen molar-refractivity contribution in [3.63, 3.8) is 0 Å². The zero-order chi connectivity index (χ0) is 80.2. The Bertz CT molecular complexity index is 6080. The second kappa shape index (κ2) is 34.6. The van der Waals surface area contributed by atoms with Crippen LogP contribution in [0.5, 0.6) is 0 Å². The van der Waals surface area contributed by atoms with Gasteiger partial charge in [0.15, 0.2) is 0 Å². The lowest BCUT2D eigenvalue weighted by Crippen LogP contribution is -2.15. The van der Waals surface area contributed by atoms with Crippen LogP contribution in [-0.4, -0.2) is 28.2 Å². The van der Waals surface area contributed by atoms with Gasteiger partial charge in [-0.3, -0.25) is 0 Å². The van der Waals surface area contributed by atoms with Crippen LogP contribution in [0, 0.1) is 0 Å². The Morgan fingerprint density at radius 2 is 0.444 bits per heavy atom. The molecule has 5 heteroatoms. The van der Waals surface area contributed by atoms with Gasteiger partial charge in [-0.15, -0.1) is 0 Å². The molecular weight excluding hydrogens is 1420 g/mol. The fourth-order valence-corrected chi connectivity index (χ4v) is 16.6. The Hall–Kier alpha value is -14.3. The van der Waals surface area contributed by atoms with E-state index in [2.05, 4.69) is 511 Å². The molecule has 0 amide bonds. The van der Waals surface area contributed by atoms with E-state index in [-0.39, 0.29) is 10.8 Å². The Labute approximate surface area is 692 Å². The molecule has 17 aromatic carbocycles. The van der Waals surface area contributed by atoms with Gasteiger partial charge in [-0.2, -0.15) is 0 Å². The number of nitrogens with zero attached hydrogens (tertiary/aromatic N) is 5. The first-order valence-electron chi connectivity index (χ1n) is 40.4. The Balaban J connectivity index is 0.000000117. The van der Waals surface area contributed by atoms with E-state index in [0.717, 1.165) is 17.1 Å². The van der Waals surface area contributed by atoms with Gasteiger partial charge in [-0.05, 0) is 216 Å². The highest BCUT2D eigenvalue weighted by atomic mass is 15.1. The smallest absolute Gasteiger partial charge is 0.0491 e. The molecule has 570 valence electrons. The van der Waals surface area contributed by atoms with Crippen molar-refractivity contribution in [2.75, 3.05) is 52.7 Å². The number of hydrogen-bond acceptors (Lipinski definition) is 5. The Morgan fingerprint density at radius 3 is 0.906 bits per heavy atom. The van der Waals surface area contributed by atoms with Crippen LogP contribution < -0.4 is 24.5 Å². The van der Waals surface area contributed by atoms with Crippen molar-refractivity contribution in [2.24, 2.45) is 0 Å². The second-order valence-electron chi connectivity index (χ2n) is 31.1. The minimum absolute atomic E-state index is 0.0277. The normalized spacial score (nSPS) is 12.1. The number of anilines is 11. The van der Waals surface area contributed by atoms with E-state index >= 15 is 0 Å². The molecular formula is C112H97N5. The van der Waals surface area contributed by atoms with Gasteiger partial charge in [-0.25, -0.2) is 0 Å². The van der Waals surface area contributed by atoms with E-state index in [1.165, 1.54) is 146 Å². The maximum absolute atomic E-state index is 2.34. The van der Waals surface area contributed by atoms with Crippen LogP contribution in [0.15, 0.2) is 443 Å². The average Bonchev–Trinajstić information content (AvgIpc) is 1.56. The van der Waals surface area contributed by atoms with Crippen LogP contribution in [0.4, 0.5) is 62.6 Å². The minimum Gasteiger partial charge on any atom is -0.345 e. The third-order valence-corrected chi connectivity index (χ3v) is 23.2. The van der Waals surface area contributed by atoms with Crippen LogP contribution in [0.2, 0.25) is 0 Å². The molecule has 0 saturated carbocycles. The van der Waals surface area contributed by atoms with E-state index in [9.17, 15) is 0 Å². The highest BCUT2D eigenvalue weighted by Gasteiger charge is 2.38. The monoisotopic (exact) mass is 1510 g/mol. The minimum atomic E-state index is 0.0277. The Kier molecular flexibility index (Phi) is 22.7. The van der Waals surface area contributed by atoms with Crippen LogP contribution >= 0.6 is 0 Å². The highest BCUT2D eigenvalue weighted by Crippen LogP contribution is 2.54. The number of fused-ring (bicyclic) bond motifs is 6. The summed E-state index contributed by atoms with van der Waals surface area (Å²) >= 11 is 0. The summed E-state index contributed by atoms with van der Waals surface area (Å²) in [6, 6.07) is 157. The molecule has 0 aromatic heterocycles. The summed E-state index contributed by atoms with van der Waals surface area (Å²) in [4.78, 5) is 11.3. The number of hydrogen-bond donors (Lipinski definition) is 0. The van der Waals surface area contributed by atoms with Crippen LogP contribution in [-0.2, 0) is 10.8 Å². The van der Waals surface area contributed by atoms with Gasteiger partial charge in [0.25, 0.3) is 0 Å². The van der Waals surface area contributed by atoms with E-state index < -0.39 is 0 Å². The van der Waals surface area contributed by atoms with Gasteiger partial charge in [0.2, 0.25) is 0 Å². The SMILES string of the molecule is CN(c1ccc(-c2ccccc2)cc1)c1ccc2c(c1)-c1ccccc1C2(C)C.CN(c1ccc(-c2ccccc2)cc1)c1cccc2c1-c1ccccc1C2(C)C.CN(c1ccccc1)c1ccc(-c2ccc(N(c3ccccc3)c3ccccc3)cc2)cc1.CN(c1ccccc1)c1ccc(-c2ccccc2)cc1-c1ccccc1. The van der Waals surface area contributed by atoms with Gasteiger partial charge in [0.05, 0.1) is 0 Å². The van der Waals surface area contributed by atoms with Gasteiger partial charge >= 0.3 is 0 Å². The van der Waals surface area contributed by atoms with Gasteiger partial charge < -0.3 is 24.5 Å². The summed E-state index contributed by atoms with van der Waals surface area (Å²) < 4.78 is 0. The number of benzene rings is 17. The first-order valence-corrected chi connectivity index (χ1v) is 40.4. The molecule has 0 bridgehead atoms. The lowest BCUT2D eigenvalue weighted by Gasteiger charge is -2.25. The molecule has 17 aromatic rings. The van der Waals surface area contributed by atoms with E-state index in [1.54, 1.807) is 0 Å². The lowest BCUT2D eigenvalue weighted by atomic mass is 9.82. The molecule has 0 radical (unpaired) electrons. The first-order chi connectivity index (χ1) is 57.2. The topological polar surface area (TPSA) is 16.2 Å². The Morgan fingerprint density at radius 1 is 0.162 bits per heavy atom. The molecule has 0 heterocycles. The largest absolute Gasteiger partial charge is 0.345 e. The molecule has 117 heavy (non-hydrogen) atoms. The van der Waals surface area contributed by atoms with E-state index in [0.29, 0.717) is 0 Å². The molecule has 0 atom stereocenters. The van der Waals surface area contributed by atoms with Gasteiger partial charge in [0, 0.05) is 113 Å². The molecule has 0 spiro atoms. The van der Waals surface area contributed by atoms with Gasteiger partial charge in [0.1, 0.15) is 0 Å². The third-order valence-electron chi connectivity index (χ3n) is 23.2.